The van der Waals surface area contributed by atoms with Gasteiger partial charge in [0, 0.05) is 57.8 Å². The summed E-state index contributed by atoms with van der Waals surface area (Å²) in [4.78, 5) is 34.4. The molecule has 2 atom stereocenters. The first-order valence-corrected chi connectivity index (χ1v) is 26.9. The van der Waals surface area contributed by atoms with Gasteiger partial charge in [-0.3, -0.25) is 19.9 Å². The van der Waals surface area contributed by atoms with Crippen molar-refractivity contribution in [2.45, 2.75) is 56.5 Å². The van der Waals surface area contributed by atoms with Crippen molar-refractivity contribution in [2.75, 3.05) is 65.8 Å². The van der Waals surface area contributed by atoms with Crippen LogP contribution in [0.5, 0.6) is 0 Å². The maximum absolute atomic E-state index is 14.3. The molecule has 3 fully saturated rings. The summed E-state index contributed by atoms with van der Waals surface area (Å²) < 4.78 is 135. The standard InChI is InChI=1S/C24H20F4IN5O.C15H17IN2O.C10H7F4N3O3S/c25-20-8-7-18(13-15(20)14-30)34-23(32-10-1-2-11-32)19(21(31-34)24(26,27)28)9-12-33(22(23)35)17-5-3-16(29)4-6-17;16-12-5-7-13(8-6-12)18-11-3-4-14(15(18)19)17-9-1-2-10-17;1-21(18,19)20-9(10(12,13)14)17-16-7-2-3-8(11)6(4-7)5-15/h3-8,13,19H,1-2,9-12H2;4-8H,1-3,9-11H2;2-4,16H,1H3/b;;17-9-/t19-,23+;;/m0../s1. The molecule has 26 heteroatoms. The Balaban J connectivity index is 0.000000176. The lowest BCUT2D eigenvalue weighted by molar-refractivity contribution is -0.134. The maximum atomic E-state index is 14.3. The number of hydrogen-bond acceptors (Lipinski definition) is 13. The molecule has 3 saturated heterocycles. The van der Waals surface area contributed by atoms with Crippen LogP contribution in [0.4, 0.5) is 57.9 Å². The fraction of sp³-hybridized carbons (Fsp3) is 0.347. The molecule has 0 unspecified atom stereocenters. The van der Waals surface area contributed by atoms with Crippen LogP contribution in [0.15, 0.2) is 107 Å². The molecule has 2 amide bonds. The molecule has 0 bridgehead atoms. The van der Waals surface area contributed by atoms with Crippen molar-refractivity contribution in [2.24, 2.45) is 16.1 Å². The summed E-state index contributed by atoms with van der Waals surface area (Å²) in [6, 6.07) is 24.8. The highest BCUT2D eigenvalue weighted by molar-refractivity contribution is 14.1. The van der Waals surface area contributed by atoms with Gasteiger partial charge < -0.3 is 18.9 Å². The Morgan fingerprint density at radius 3 is 1.84 bits per heavy atom. The number of piperidine rings is 1. The zero-order chi connectivity index (χ0) is 54.5. The molecule has 396 valence electrons. The molecule has 15 nitrogen and oxygen atoms in total. The maximum Gasteiger partial charge on any atom is 0.471 e. The average Bonchev–Trinajstić information content (AvgIpc) is 4.17. The number of amides is 2. The Hall–Kier alpha value is -6.11. The van der Waals surface area contributed by atoms with E-state index in [0.717, 1.165) is 89.2 Å². The van der Waals surface area contributed by atoms with Crippen LogP contribution in [0.25, 0.3) is 0 Å². The number of carbonyl (C=O) groups excluding carboxylic acids is 2. The first-order valence-electron chi connectivity index (χ1n) is 23.0. The van der Waals surface area contributed by atoms with Crippen LogP contribution in [-0.4, -0.2) is 105 Å². The van der Waals surface area contributed by atoms with E-state index in [9.17, 15) is 58.4 Å². The van der Waals surface area contributed by atoms with Crippen molar-refractivity contribution in [1.82, 2.24) is 9.80 Å². The van der Waals surface area contributed by atoms with E-state index in [1.165, 1.54) is 33.4 Å². The quantitative estimate of drug-likeness (QED) is 0.0444. The lowest BCUT2D eigenvalue weighted by Crippen LogP contribution is -2.72. The Labute approximate surface area is 453 Å². The molecular weight excluding hydrogens is 1250 g/mol. The number of alkyl halides is 6. The smallest absolute Gasteiger partial charge is 0.367 e. The molecule has 4 aromatic rings. The number of hydrazone groups is 2. The number of hydrogen-bond donors (Lipinski definition) is 1. The minimum atomic E-state index is -5.16. The van der Waals surface area contributed by atoms with E-state index in [2.05, 4.69) is 82.7 Å². The van der Waals surface area contributed by atoms with Gasteiger partial charge in [0.1, 0.15) is 29.5 Å². The summed E-state index contributed by atoms with van der Waals surface area (Å²) in [6.45, 7) is 3.79. The third kappa shape index (κ3) is 12.9. The number of fused-ring (bicyclic) bond motifs is 1. The number of nitrogens with one attached hydrogen (secondary N) is 1. The van der Waals surface area contributed by atoms with Crippen LogP contribution in [0.2, 0.25) is 0 Å². The van der Waals surface area contributed by atoms with Crippen molar-refractivity contribution in [3.63, 3.8) is 0 Å². The van der Waals surface area contributed by atoms with Crippen LogP contribution >= 0.6 is 45.2 Å². The number of nitriles is 2. The summed E-state index contributed by atoms with van der Waals surface area (Å²) in [6.07, 6.45) is -2.53. The largest absolute Gasteiger partial charge is 0.471 e. The zero-order valence-corrected chi connectivity index (χ0v) is 44.6. The third-order valence-electron chi connectivity index (χ3n) is 12.5. The minimum absolute atomic E-state index is 0.0510. The molecule has 0 spiro atoms. The van der Waals surface area contributed by atoms with E-state index >= 15 is 0 Å². The molecule has 0 radical (unpaired) electrons. The fourth-order valence-corrected chi connectivity index (χ4v) is 10.3. The Bertz CT molecular complexity index is 3080. The molecule has 5 aliphatic rings. The highest BCUT2D eigenvalue weighted by atomic mass is 127. The van der Waals surface area contributed by atoms with Gasteiger partial charge in [-0.25, -0.2) is 13.8 Å². The van der Waals surface area contributed by atoms with Gasteiger partial charge >= 0.3 is 28.4 Å². The first kappa shape index (κ1) is 56.6. The first-order chi connectivity index (χ1) is 35.5. The van der Waals surface area contributed by atoms with Crippen molar-refractivity contribution in [1.29, 1.82) is 10.5 Å². The van der Waals surface area contributed by atoms with E-state index in [1.54, 1.807) is 23.1 Å². The molecule has 4 aromatic carbocycles. The molecule has 5 heterocycles. The van der Waals surface area contributed by atoms with E-state index in [0.29, 0.717) is 25.0 Å². The number of carbonyl (C=O) groups is 2. The number of rotatable bonds is 8. The average molecular weight is 1290 g/mol. The zero-order valence-electron chi connectivity index (χ0n) is 39.5. The van der Waals surface area contributed by atoms with Gasteiger partial charge in [0.2, 0.25) is 5.66 Å². The Morgan fingerprint density at radius 1 is 0.760 bits per heavy atom. The summed E-state index contributed by atoms with van der Waals surface area (Å²) in [7, 11) is -4.43. The van der Waals surface area contributed by atoms with Gasteiger partial charge in [0.05, 0.1) is 40.4 Å². The van der Waals surface area contributed by atoms with Crippen LogP contribution in [0, 0.1) is 47.4 Å². The van der Waals surface area contributed by atoms with Gasteiger partial charge in [-0.05, 0) is 169 Å². The second kappa shape index (κ2) is 23.4. The summed E-state index contributed by atoms with van der Waals surface area (Å²) in [5, 5.41) is 25.7. The van der Waals surface area contributed by atoms with E-state index in [1.807, 2.05) is 34.6 Å². The van der Waals surface area contributed by atoms with Crippen molar-refractivity contribution in [3.05, 3.63) is 127 Å². The number of likely N-dealkylation sites (tertiary alicyclic amines) is 2. The Morgan fingerprint density at radius 2 is 1.29 bits per heavy atom. The third-order valence-corrected chi connectivity index (χ3v) is 14.4. The van der Waals surface area contributed by atoms with Gasteiger partial charge in [0.15, 0.2) is 0 Å². The molecular formula is C49H44F8I2N10O5S. The van der Waals surface area contributed by atoms with Crippen LogP contribution in [-0.2, 0) is 23.9 Å². The predicted molar refractivity (Wildman–Crippen MR) is 279 cm³/mol. The number of nitrogens with zero attached hydrogens (tertiary/aromatic N) is 9. The number of halogens is 10. The van der Waals surface area contributed by atoms with Crippen molar-refractivity contribution < 1.29 is 57.3 Å². The summed E-state index contributed by atoms with van der Waals surface area (Å²) in [5.41, 5.74) is 0.696. The Kier molecular flexibility index (Phi) is 17.7. The number of benzene rings is 4. The van der Waals surface area contributed by atoms with E-state index in [4.69, 9.17) is 5.26 Å². The van der Waals surface area contributed by atoms with Gasteiger partial charge in [-0.2, -0.15) is 50.4 Å². The monoisotopic (exact) mass is 1290 g/mol. The minimum Gasteiger partial charge on any atom is -0.367 e. The van der Waals surface area contributed by atoms with E-state index in [-0.39, 0.29) is 35.8 Å². The number of anilines is 4. The second-order valence-corrected chi connectivity index (χ2v) is 21.5. The summed E-state index contributed by atoms with van der Waals surface area (Å²) in [5.74, 6) is -5.29. The topological polar surface area (TPSA) is 178 Å². The molecule has 75 heavy (non-hydrogen) atoms. The summed E-state index contributed by atoms with van der Waals surface area (Å²) >= 11 is 4.43. The van der Waals surface area contributed by atoms with Gasteiger partial charge in [-0.1, -0.05) is 6.08 Å². The van der Waals surface area contributed by atoms with Crippen LogP contribution < -0.4 is 20.2 Å². The predicted octanol–water partition coefficient (Wildman–Crippen LogP) is 9.85. The molecule has 0 aromatic heterocycles. The van der Waals surface area contributed by atoms with Crippen molar-refractivity contribution >= 4 is 101 Å². The molecule has 1 N–H and O–H groups in total. The SMILES string of the molecule is CS(=O)(=O)O/C(=N\Nc1ccc(F)c(C#N)c1)C(F)(F)F.N#Cc1cc(N2N=C(C(F)(F)F)[C@@H]3CCN(c4ccc(I)cc4)C(=O)[C@@]32N2CCCC2)ccc1F.O=C1C(N2CCCC2)=CCCN1c1ccc(I)cc1. The second-order valence-electron chi connectivity index (χ2n) is 17.4. The highest BCUT2D eigenvalue weighted by Gasteiger charge is 2.68. The van der Waals surface area contributed by atoms with Gasteiger partial charge in [-0.15, -0.1) is 5.10 Å². The highest BCUT2D eigenvalue weighted by Crippen LogP contribution is 2.50. The van der Waals surface area contributed by atoms with E-state index < -0.39 is 68.8 Å². The molecule has 9 rings (SSSR count). The van der Waals surface area contributed by atoms with Crippen LogP contribution in [0.3, 0.4) is 0 Å². The lowest BCUT2D eigenvalue weighted by atomic mass is 9.79. The normalized spacial score (nSPS) is 20.2. The molecule has 5 aliphatic heterocycles. The molecule has 0 saturated carbocycles. The fourth-order valence-electron chi connectivity index (χ4n) is 9.20. The van der Waals surface area contributed by atoms with Crippen molar-refractivity contribution in [3.8, 4) is 12.1 Å². The van der Waals surface area contributed by atoms with Crippen LogP contribution in [0.1, 0.15) is 49.7 Å². The molecule has 0 aliphatic carbocycles. The van der Waals surface area contributed by atoms with Gasteiger partial charge in [0.25, 0.3) is 11.8 Å². The lowest BCUT2D eigenvalue weighted by Gasteiger charge is -2.51.